The molecule has 46 valence electrons. The van der Waals surface area contributed by atoms with Crippen molar-refractivity contribution < 1.29 is 4.74 Å². The molecule has 0 bridgehead atoms. The van der Waals surface area contributed by atoms with Gasteiger partial charge in [0.15, 0.2) is 5.72 Å². The summed E-state index contributed by atoms with van der Waals surface area (Å²) in [5, 5.41) is 0. The maximum Gasteiger partial charge on any atom is 0.156 e. The predicted molar refractivity (Wildman–Crippen MR) is 33.1 cm³/mol. The number of aliphatic imine (C=N–C) groups is 1. The van der Waals surface area contributed by atoms with Gasteiger partial charge in [-0.2, -0.15) is 0 Å². The van der Waals surface area contributed by atoms with E-state index >= 15 is 0 Å². The molecule has 0 spiro atoms. The van der Waals surface area contributed by atoms with Gasteiger partial charge in [-0.1, -0.05) is 6.92 Å². The first-order valence-corrected chi connectivity index (χ1v) is 2.94. The fraction of sp³-hybridized carbons (Fsp3) is 0.833. The molecule has 2 nitrogen and oxygen atoms in total. The normalized spacial score (nSPS) is 36.2. The van der Waals surface area contributed by atoms with Crippen LogP contribution in [0.1, 0.15) is 20.3 Å². The van der Waals surface area contributed by atoms with Gasteiger partial charge in [0, 0.05) is 6.21 Å². The van der Waals surface area contributed by atoms with Gasteiger partial charge in [-0.25, -0.2) is 0 Å². The van der Waals surface area contributed by atoms with Crippen LogP contribution in [0.5, 0.6) is 0 Å². The summed E-state index contributed by atoms with van der Waals surface area (Å²) >= 11 is 0. The van der Waals surface area contributed by atoms with Gasteiger partial charge in [-0.15, -0.1) is 0 Å². The van der Waals surface area contributed by atoms with E-state index in [1.807, 2.05) is 13.1 Å². The van der Waals surface area contributed by atoms with Crippen molar-refractivity contribution in [2.75, 3.05) is 6.61 Å². The van der Waals surface area contributed by atoms with E-state index in [4.69, 9.17) is 4.74 Å². The van der Waals surface area contributed by atoms with E-state index in [1.165, 1.54) is 0 Å². The number of ether oxygens (including phenoxy) is 1. The highest BCUT2D eigenvalue weighted by molar-refractivity contribution is 5.60. The van der Waals surface area contributed by atoms with Crippen LogP contribution in [0.4, 0.5) is 0 Å². The highest BCUT2D eigenvalue weighted by Gasteiger charge is 2.23. The first-order chi connectivity index (χ1) is 3.77. The monoisotopic (exact) mass is 113 g/mol. The lowest BCUT2D eigenvalue weighted by atomic mass is 10.2. The third-order valence-corrected chi connectivity index (χ3v) is 1.49. The zero-order chi connectivity index (χ0) is 6.04. The largest absolute Gasteiger partial charge is 0.349 e. The fourth-order valence-electron chi connectivity index (χ4n) is 0.678. The van der Waals surface area contributed by atoms with Crippen molar-refractivity contribution in [1.29, 1.82) is 0 Å². The third kappa shape index (κ3) is 0.892. The quantitative estimate of drug-likeness (QED) is 0.501. The summed E-state index contributed by atoms with van der Waals surface area (Å²) in [5.41, 5.74) is -0.194. The molecule has 1 heterocycles. The Morgan fingerprint density at radius 1 is 1.88 bits per heavy atom. The number of nitrogens with zero attached hydrogens (tertiary/aromatic N) is 1. The van der Waals surface area contributed by atoms with E-state index in [9.17, 15) is 0 Å². The summed E-state index contributed by atoms with van der Waals surface area (Å²) in [4.78, 5) is 4.14. The van der Waals surface area contributed by atoms with Crippen molar-refractivity contribution in [3.05, 3.63) is 0 Å². The van der Waals surface area contributed by atoms with Crippen molar-refractivity contribution in [1.82, 2.24) is 0 Å². The van der Waals surface area contributed by atoms with Crippen molar-refractivity contribution in [3.8, 4) is 0 Å². The van der Waals surface area contributed by atoms with Crippen LogP contribution in [0.15, 0.2) is 4.99 Å². The second-order valence-electron chi connectivity index (χ2n) is 2.15. The molecule has 0 fully saturated rings. The average Bonchev–Trinajstić information content (AvgIpc) is 2.17. The van der Waals surface area contributed by atoms with E-state index in [0.29, 0.717) is 6.61 Å². The van der Waals surface area contributed by atoms with Crippen LogP contribution in [-0.2, 0) is 4.74 Å². The Balaban J connectivity index is 2.54. The Kier molecular flexibility index (Phi) is 1.34. The lowest BCUT2D eigenvalue weighted by Crippen LogP contribution is -2.19. The summed E-state index contributed by atoms with van der Waals surface area (Å²) in [5.74, 6) is 0. The Hall–Kier alpha value is -0.370. The maximum atomic E-state index is 5.27. The van der Waals surface area contributed by atoms with Crippen LogP contribution >= 0.6 is 0 Å². The van der Waals surface area contributed by atoms with Crippen LogP contribution < -0.4 is 0 Å². The topological polar surface area (TPSA) is 21.6 Å². The standard InChI is InChI=1S/C6H11NO/c1-3-6(2)7-4-5-8-6/h4H,3,5H2,1-2H3. The maximum absolute atomic E-state index is 5.27. The molecule has 8 heavy (non-hydrogen) atoms. The Morgan fingerprint density at radius 3 is 2.88 bits per heavy atom. The predicted octanol–water partition coefficient (Wildman–Crippen LogP) is 1.21. The highest BCUT2D eigenvalue weighted by atomic mass is 16.5. The van der Waals surface area contributed by atoms with E-state index in [2.05, 4.69) is 11.9 Å². The van der Waals surface area contributed by atoms with E-state index in [1.54, 1.807) is 0 Å². The molecule has 0 aromatic carbocycles. The van der Waals surface area contributed by atoms with Crippen LogP contribution in [0.2, 0.25) is 0 Å². The summed E-state index contributed by atoms with van der Waals surface area (Å²) in [6.45, 7) is 4.75. The zero-order valence-electron chi connectivity index (χ0n) is 5.35. The summed E-state index contributed by atoms with van der Waals surface area (Å²) in [7, 11) is 0. The molecular formula is C6H11NO. The van der Waals surface area contributed by atoms with Gasteiger partial charge < -0.3 is 4.74 Å². The molecule has 0 N–H and O–H groups in total. The van der Waals surface area contributed by atoms with Gasteiger partial charge in [0.1, 0.15) is 0 Å². The lowest BCUT2D eigenvalue weighted by Gasteiger charge is -2.16. The summed E-state index contributed by atoms with van der Waals surface area (Å²) in [6, 6.07) is 0. The number of hydrogen-bond acceptors (Lipinski definition) is 2. The minimum Gasteiger partial charge on any atom is -0.349 e. The van der Waals surface area contributed by atoms with Gasteiger partial charge in [-0.05, 0) is 13.3 Å². The zero-order valence-corrected chi connectivity index (χ0v) is 5.35. The van der Waals surface area contributed by atoms with Gasteiger partial charge in [0.2, 0.25) is 0 Å². The van der Waals surface area contributed by atoms with Crippen molar-refractivity contribution >= 4 is 6.21 Å². The highest BCUT2D eigenvalue weighted by Crippen LogP contribution is 2.18. The van der Waals surface area contributed by atoms with Gasteiger partial charge >= 0.3 is 0 Å². The minimum absolute atomic E-state index is 0.194. The van der Waals surface area contributed by atoms with Crippen LogP contribution in [0.3, 0.4) is 0 Å². The first kappa shape index (κ1) is 5.76. The molecule has 1 atom stereocenters. The molecule has 0 amide bonds. The molecule has 0 aromatic rings. The Bertz CT molecular complexity index is 111. The second kappa shape index (κ2) is 1.86. The SMILES string of the molecule is CCC1(C)N=CCO1. The van der Waals surface area contributed by atoms with E-state index in [0.717, 1.165) is 6.42 Å². The van der Waals surface area contributed by atoms with Crippen molar-refractivity contribution in [2.24, 2.45) is 4.99 Å². The van der Waals surface area contributed by atoms with E-state index < -0.39 is 0 Å². The molecule has 1 aliphatic heterocycles. The molecule has 1 rings (SSSR count). The summed E-state index contributed by atoms with van der Waals surface area (Å²) < 4.78 is 5.27. The fourth-order valence-corrected chi connectivity index (χ4v) is 0.678. The molecule has 1 unspecified atom stereocenters. The third-order valence-electron chi connectivity index (χ3n) is 1.49. The molecule has 0 radical (unpaired) electrons. The number of rotatable bonds is 1. The molecule has 0 aromatic heterocycles. The molecule has 2 heteroatoms. The van der Waals surface area contributed by atoms with Crippen LogP contribution in [0.25, 0.3) is 0 Å². The van der Waals surface area contributed by atoms with Gasteiger partial charge in [-0.3, -0.25) is 4.99 Å². The number of hydrogen-bond donors (Lipinski definition) is 0. The molecule has 1 aliphatic rings. The van der Waals surface area contributed by atoms with Gasteiger partial charge in [0.05, 0.1) is 6.61 Å². The molecule has 0 saturated heterocycles. The molecule has 0 aliphatic carbocycles. The summed E-state index contributed by atoms with van der Waals surface area (Å²) in [6.07, 6.45) is 2.78. The average molecular weight is 113 g/mol. The minimum atomic E-state index is -0.194. The smallest absolute Gasteiger partial charge is 0.156 e. The van der Waals surface area contributed by atoms with Crippen molar-refractivity contribution in [3.63, 3.8) is 0 Å². The molecular weight excluding hydrogens is 102 g/mol. The first-order valence-electron chi connectivity index (χ1n) is 2.94. The van der Waals surface area contributed by atoms with E-state index in [-0.39, 0.29) is 5.72 Å². The lowest BCUT2D eigenvalue weighted by molar-refractivity contribution is 0.0134. The van der Waals surface area contributed by atoms with Gasteiger partial charge in [0.25, 0.3) is 0 Å². The van der Waals surface area contributed by atoms with Crippen LogP contribution in [0, 0.1) is 0 Å². The Labute approximate surface area is 49.6 Å². The Morgan fingerprint density at radius 2 is 2.62 bits per heavy atom. The molecule has 0 saturated carbocycles. The van der Waals surface area contributed by atoms with Crippen LogP contribution in [-0.4, -0.2) is 18.5 Å². The van der Waals surface area contributed by atoms with Crippen molar-refractivity contribution in [2.45, 2.75) is 26.0 Å². The second-order valence-corrected chi connectivity index (χ2v) is 2.15.